The van der Waals surface area contributed by atoms with Gasteiger partial charge in [-0.2, -0.15) is 0 Å². The van der Waals surface area contributed by atoms with Gasteiger partial charge >= 0.3 is 6.03 Å². The van der Waals surface area contributed by atoms with Crippen LogP contribution < -0.4 is 5.73 Å². The largest absolute Gasteiger partial charge is 0.351 e. The first-order chi connectivity index (χ1) is 6.32. The van der Waals surface area contributed by atoms with Crippen LogP contribution in [0, 0.1) is 5.41 Å². The molecule has 14 heavy (non-hydrogen) atoms. The maximum Gasteiger partial charge on any atom is 0.315 e. The average molecular weight is 199 g/mol. The molecule has 0 aromatic heterocycles. The molecule has 2 amide bonds. The third kappa shape index (κ3) is 2.38. The molecule has 4 nitrogen and oxygen atoms in total. The first-order valence-electron chi connectivity index (χ1n) is 5.07. The number of nitrogens with zero attached hydrogens (tertiary/aromatic N) is 2. The van der Waals surface area contributed by atoms with E-state index in [0.717, 1.165) is 19.6 Å². The molecule has 1 aliphatic heterocycles. The van der Waals surface area contributed by atoms with E-state index >= 15 is 0 Å². The van der Waals surface area contributed by atoms with Gasteiger partial charge in [-0.3, -0.25) is 0 Å². The van der Waals surface area contributed by atoms with Crippen LogP contribution in [0.25, 0.3) is 0 Å². The number of rotatable bonds is 0. The fourth-order valence-electron chi connectivity index (χ4n) is 1.92. The van der Waals surface area contributed by atoms with E-state index in [1.807, 2.05) is 0 Å². The highest BCUT2D eigenvalue weighted by Crippen LogP contribution is 2.26. The summed E-state index contributed by atoms with van der Waals surface area (Å²) in [7, 11) is 2.08. The molecule has 1 saturated heterocycles. The Balaban J connectivity index is 2.79. The molecule has 0 saturated carbocycles. The van der Waals surface area contributed by atoms with Crippen LogP contribution in [-0.2, 0) is 0 Å². The number of piperazine rings is 1. The third-order valence-electron chi connectivity index (χ3n) is 2.87. The van der Waals surface area contributed by atoms with Gasteiger partial charge in [-0.05, 0) is 12.5 Å². The number of primary amides is 1. The number of hydrogen-bond donors (Lipinski definition) is 1. The minimum absolute atomic E-state index is 0.0870. The first-order valence-corrected chi connectivity index (χ1v) is 5.07. The quantitative estimate of drug-likeness (QED) is 0.625. The van der Waals surface area contributed by atoms with Gasteiger partial charge in [-0.25, -0.2) is 4.79 Å². The van der Waals surface area contributed by atoms with Crippen LogP contribution in [0.4, 0.5) is 4.79 Å². The van der Waals surface area contributed by atoms with Crippen LogP contribution in [-0.4, -0.2) is 48.6 Å². The molecule has 1 heterocycles. The van der Waals surface area contributed by atoms with E-state index in [1.165, 1.54) is 0 Å². The lowest BCUT2D eigenvalue weighted by atomic mass is 9.84. The highest BCUT2D eigenvalue weighted by Gasteiger charge is 2.35. The van der Waals surface area contributed by atoms with Crippen molar-refractivity contribution >= 4 is 6.03 Å². The second-order valence-electron chi connectivity index (χ2n) is 5.18. The van der Waals surface area contributed by atoms with Gasteiger partial charge in [0.2, 0.25) is 0 Å². The first kappa shape index (κ1) is 11.3. The van der Waals surface area contributed by atoms with Gasteiger partial charge in [0.15, 0.2) is 0 Å². The fraction of sp³-hybridized carbons (Fsp3) is 0.900. The number of hydrogen-bond acceptors (Lipinski definition) is 2. The summed E-state index contributed by atoms with van der Waals surface area (Å²) in [5.74, 6) is 0. The Hall–Kier alpha value is -0.770. The maximum atomic E-state index is 11.2. The molecule has 1 unspecified atom stereocenters. The highest BCUT2D eigenvalue weighted by molar-refractivity contribution is 5.72. The average Bonchev–Trinajstić information content (AvgIpc) is 2.01. The fourth-order valence-corrected chi connectivity index (χ4v) is 1.92. The number of urea groups is 1. The van der Waals surface area contributed by atoms with Crippen LogP contribution in [0.5, 0.6) is 0 Å². The van der Waals surface area contributed by atoms with Crippen LogP contribution in [0.3, 0.4) is 0 Å². The molecule has 1 fully saturated rings. The second-order valence-corrected chi connectivity index (χ2v) is 5.18. The van der Waals surface area contributed by atoms with Gasteiger partial charge in [0.25, 0.3) is 0 Å². The maximum absolute atomic E-state index is 11.2. The molecule has 0 radical (unpaired) electrons. The number of carbonyl (C=O) groups excluding carboxylic acids is 1. The van der Waals surface area contributed by atoms with Gasteiger partial charge < -0.3 is 15.5 Å². The molecule has 0 aromatic carbocycles. The van der Waals surface area contributed by atoms with E-state index in [-0.39, 0.29) is 17.5 Å². The lowest BCUT2D eigenvalue weighted by molar-refractivity contribution is 0.0542. The predicted molar refractivity (Wildman–Crippen MR) is 57.0 cm³/mol. The monoisotopic (exact) mass is 199 g/mol. The second kappa shape index (κ2) is 3.77. The number of nitrogens with two attached hydrogens (primary N) is 1. The van der Waals surface area contributed by atoms with Crippen molar-refractivity contribution in [2.45, 2.75) is 26.8 Å². The van der Waals surface area contributed by atoms with E-state index in [2.05, 4.69) is 32.7 Å². The summed E-state index contributed by atoms with van der Waals surface area (Å²) in [5, 5.41) is 0. The normalized spacial score (nSPS) is 25.1. The lowest BCUT2D eigenvalue weighted by Gasteiger charge is -2.45. The van der Waals surface area contributed by atoms with Gasteiger partial charge in [-0.15, -0.1) is 0 Å². The molecule has 0 aliphatic carbocycles. The summed E-state index contributed by atoms with van der Waals surface area (Å²) in [6, 6.07) is -0.0724. The third-order valence-corrected chi connectivity index (χ3v) is 2.87. The molecule has 0 aromatic rings. The van der Waals surface area contributed by atoms with Crippen LogP contribution in [0.1, 0.15) is 20.8 Å². The van der Waals surface area contributed by atoms with Gasteiger partial charge in [0.1, 0.15) is 0 Å². The molecule has 1 aliphatic rings. The molecule has 1 atom stereocenters. The molecular weight excluding hydrogens is 178 g/mol. The molecule has 1 rings (SSSR count). The Morgan fingerprint density at radius 2 is 1.93 bits per heavy atom. The highest BCUT2D eigenvalue weighted by atomic mass is 16.2. The van der Waals surface area contributed by atoms with Crippen molar-refractivity contribution in [1.82, 2.24) is 9.80 Å². The Morgan fingerprint density at radius 1 is 1.36 bits per heavy atom. The molecule has 4 heteroatoms. The van der Waals surface area contributed by atoms with Crippen LogP contribution in [0.2, 0.25) is 0 Å². The number of carbonyl (C=O) groups is 1. The minimum Gasteiger partial charge on any atom is -0.351 e. The standard InChI is InChI=1S/C10H21N3O/c1-10(2,3)8-7-12(4)5-6-13(8)9(11)14/h8H,5-7H2,1-4H3,(H2,11,14). The van der Waals surface area contributed by atoms with E-state index in [9.17, 15) is 4.79 Å². The van der Waals surface area contributed by atoms with Crippen molar-refractivity contribution < 1.29 is 4.79 Å². The van der Waals surface area contributed by atoms with Crippen molar-refractivity contribution in [3.63, 3.8) is 0 Å². The molecule has 82 valence electrons. The smallest absolute Gasteiger partial charge is 0.315 e. The summed E-state index contributed by atoms with van der Waals surface area (Å²) in [6.45, 7) is 9.00. The summed E-state index contributed by atoms with van der Waals surface area (Å²) in [5.41, 5.74) is 5.46. The Bertz CT molecular complexity index is 222. The number of amides is 2. The molecule has 0 bridgehead atoms. The Kier molecular flexibility index (Phi) is 3.04. The van der Waals surface area contributed by atoms with Gasteiger partial charge in [0.05, 0.1) is 6.04 Å². The van der Waals surface area contributed by atoms with Crippen molar-refractivity contribution in [3.8, 4) is 0 Å². The van der Waals surface area contributed by atoms with Gasteiger partial charge in [-0.1, -0.05) is 20.8 Å². The van der Waals surface area contributed by atoms with E-state index in [1.54, 1.807) is 4.90 Å². The SMILES string of the molecule is CN1CCN(C(N)=O)C(C(C)(C)C)C1. The minimum atomic E-state index is -0.293. The van der Waals surface area contributed by atoms with Crippen molar-refractivity contribution in [2.24, 2.45) is 11.1 Å². The van der Waals surface area contributed by atoms with Crippen molar-refractivity contribution in [3.05, 3.63) is 0 Å². The lowest BCUT2D eigenvalue weighted by Crippen LogP contribution is -2.60. The molecular formula is C10H21N3O. The molecule has 0 spiro atoms. The van der Waals surface area contributed by atoms with E-state index in [0.29, 0.717) is 0 Å². The van der Waals surface area contributed by atoms with Crippen molar-refractivity contribution in [2.75, 3.05) is 26.7 Å². The van der Waals surface area contributed by atoms with Crippen molar-refractivity contribution in [1.29, 1.82) is 0 Å². The summed E-state index contributed by atoms with van der Waals surface area (Å²) < 4.78 is 0. The van der Waals surface area contributed by atoms with Gasteiger partial charge in [0, 0.05) is 19.6 Å². The topological polar surface area (TPSA) is 49.6 Å². The van der Waals surface area contributed by atoms with Crippen LogP contribution >= 0.6 is 0 Å². The Morgan fingerprint density at radius 3 is 2.36 bits per heavy atom. The summed E-state index contributed by atoms with van der Waals surface area (Å²) in [4.78, 5) is 15.3. The number of likely N-dealkylation sites (N-methyl/N-ethyl adjacent to an activating group) is 1. The summed E-state index contributed by atoms with van der Waals surface area (Å²) >= 11 is 0. The summed E-state index contributed by atoms with van der Waals surface area (Å²) in [6.07, 6.45) is 0. The zero-order chi connectivity index (χ0) is 10.9. The van der Waals surface area contributed by atoms with Crippen LogP contribution in [0.15, 0.2) is 0 Å². The predicted octanol–water partition coefficient (Wildman–Crippen LogP) is 0.727. The molecule has 2 N–H and O–H groups in total. The zero-order valence-electron chi connectivity index (χ0n) is 9.58. The zero-order valence-corrected chi connectivity index (χ0v) is 9.58. The van der Waals surface area contributed by atoms with E-state index < -0.39 is 0 Å². The van der Waals surface area contributed by atoms with E-state index in [4.69, 9.17) is 5.73 Å². The Labute approximate surface area is 86.0 Å².